The van der Waals surface area contributed by atoms with E-state index in [1.807, 2.05) is 0 Å². The Morgan fingerprint density at radius 2 is 1.51 bits per heavy atom. The number of rotatable bonds is 8. The van der Waals surface area contributed by atoms with Gasteiger partial charge in [0.25, 0.3) is 17.7 Å². The normalized spacial score (nSPS) is 18.5. The number of aliphatic carboxylic acids is 1. The van der Waals surface area contributed by atoms with Gasteiger partial charge in [0, 0.05) is 30.3 Å². The van der Waals surface area contributed by atoms with Crippen LogP contribution in [0.2, 0.25) is 10.0 Å². The van der Waals surface area contributed by atoms with Crippen LogP contribution in [0.4, 0.5) is 0 Å². The van der Waals surface area contributed by atoms with Crippen LogP contribution in [0.3, 0.4) is 0 Å². The average Bonchev–Trinajstić information content (AvgIpc) is 3.39. The minimum absolute atomic E-state index is 0.00478. The number of hydrogen-bond acceptors (Lipinski definition) is 5. The molecule has 2 unspecified atom stereocenters. The third-order valence-electron chi connectivity index (χ3n) is 7.37. The number of methoxy groups -OCH3 is 1. The van der Waals surface area contributed by atoms with Gasteiger partial charge >= 0.3 is 5.97 Å². The standard InChI is InChI=1S/C28H31Cl2N3O6/c1-39-20-10-7-18(8-11-20)27(37)32-13-14-33(28(38)19-9-12-21(29)22(30)15-19)26(32)25(36)31-23(16-24(34)35)17-5-3-2-4-6-17/h7-12,15,17,23,26H,2-6,13-14,16H2,1H3,(H,31,36)(H,34,35). The Balaban J connectivity index is 1.65. The number of nitrogens with one attached hydrogen (secondary N) is 1. The molecule has 1 saturated heterocycles. The number of ether oxygens (including phenoxy) is 1. The third-order valence-corrected chi connectivity index (χ3v) is 8.11. The highest BCUT2D eigenvalue weighted by Crippen LogP contribution is 2.30. The molecule has 2 aromatic carbocycles. The SMILES string of the molecule is COc1ccc(C(=O)N2CCN(C(=O)c3ccc(Cl)c(Cl)c3)C2C(=O)NC(CC(=O)O)C2CCCCC2)cc1. The van der Waals surface area contributed by atoms with Crippen molar-refractivity contribution in [3.63, 3.8) is 0 Å². The molecule has 0 aromatic heterocycles. The van der Waals surface area contributed by atoms with E-state index < -0.39 is 35.9 Å². The zero-order chi connectivity index (χ0) is 28.1. The van der Waals surface area contributed by atoms with E-state index in [9.17, 15) is 24.3 Å². The van der Waals surface area contributed by atoms with Crippen LogP contribution < -0.4 is 10.1 Å². The monoisotopic (exact) mass is 575 g/mol. The van der Waals surface area contributed by atoms with Crippen LogP contribution in [0.15, 0.2) is 42.5 Å². The molecule has 3 amide bonds. The number of carbonyl (C=O) groups is 4. The van der Waals surface area contributed by atoms with Gasteiger partial charge in [-0.2, -0.15) is 0 Å². The minimum atomic E-state index is -1.28. The van der Waals surface area contributed by atoms with Gasteiger partial charge in [-0.25, -0.2) is 0 Å². The van der Waals surface area contributed by atoms with Gasteiger partial charge in [0.15, 0.2) is 6.17 Å². The Morgan fingerprint density at radius 1 is 0.923 bits per heavy atom. The molecule has 0 spiro atoms. The Hall–Kier alpha value is -3.30. The lowest BCUT2D eigenvalue weighted by molar-refractivity contribution is -0.138. The van der Waals surface area contributed by atoms with Crippen molar-refractivity contribution in [2.75, 3.05) is 20.2 Å². The fourth-order valence-electron chi connectivity index (χ4n) is 5.35. The molecule has 1 saturated carbocycles. The van der Waals surface area contributed by atoms with Gasteiger partial charge in [-0.15, -0.1) is 0 Å². The summed E-state index contributed by atoms with van der Waals surface area (Å²) in [6, 6.07) is 10.3. The first-order chi connectivity index (χ1) is 18.7. The highest BCUT2D eigenvalue weighted by atomic mass is 35.5. The molecule has 2 fully saturated rings. The number of carboxylic acid groups (broad SMARTS) is 1. The number of halogens is 2. The lowest BCUT2D eigenvalue weighted by Gasteiger charge is -2.34. The number of carbonyl (C=O) groups excluding carboxylic acids is 3. The van der Waals surface area contributed by atoms with Crippen LogP contribution in [0.25, 0.3) is 0 Å². The van der Waals surface area contributed by atoms with E-state index in [2.05, 4.69) is 5.32 Å². The maximum atomic E-state index is 13.8. The first-order valence-electron chi connectivity index (χ1n) is 12.9. The second-order valence-electron chi connectivity index (χ2n) is 9.84. The predicted octanol–water partition coefficient (Wildman–Crippen LogP) is 4.47. The quantitative estimate of drug-likeness (QED) is 0.479. The molecule has 208 valence electrons. The van der Waals surface area contributed by atoms with Crippen molar-refractivity contribution in [3.8, 4) is 5.75 Å². The smallest absolute Gasteiger partial charge is 0.305 e. The van der Waals surface area contributed by atoms with Gasteiger partial charge in [-0.1, -0.05) is 42.5 Å². The summed E-state index contributed by atoms with van der Waals surface area (Å²) in [4.78, 5) is 55.3. The largest absolute Gasteiger partial charge is 0.497 e. The average molecular weight is 576 g/mol. The number of nitrogens with zero attached hydrogens (tertiary/aromatic N) is 2. The molecule has 11 heteroatoms. The van der Waals surface area contributed by atoms with Gasteiger partial charge in [0.05, 0.1) is 23.6 Å². The van der Waals surface area contributed by atoms with E-state index in [-0.39, 0.29) is 41.0 Å². The van der Waals surface area contributed by atoms with Gasteiger partial charge in [-0.3, -0.25) is 19.2 Å². The van der Waals surface area contributed by atoms with Crippen LogP contribution in [-0.4, -0.2) is 71.0 Å². The maximum Gasteiger partial charge on any atom is 0.305 e. The van der Waals surface area contributed by atoms with Crippen molar-refractivity contribution in [1.29, 1.82) is 0 Å². The highest BCUT2D eigenvalue weighted by Gasteiger charge is 2.44. The van der Waals surface area contributed by atoms with Crippen LogP contribution in [-0.2, 0) is 9.59 Å². The fraction of sp³-hybridized carbons (Fsp3) is 0.429. The van der Waals surface area contributed by atoms with Gasteiger partial charge in [0.2, 0.25) is 0 Å². The van der Waals surface area contributed by atoms with Gasteiger partial charge in [-0.05, 0) is 61.2 Å². The van der Waals surface area contributed by atoms with Crippen molar-refractivity contribution in [1.82, 2.24) is 15.1 Å². The summed E-state index contributed by atoms with van der Waals surface area (Å²) in [5.74, 6) is -1.97. The maximum absolute atomic E-state index is 13.8. The second-order valence-corrected chi connectivity index (χ2v) is 10.7. The molecule has 2 atom stereocenters. The zero-order valence-corrected chi connectivity index (χ0v) is 23.1. The second kappa shape index (κ2) is 12.7. The van der Waals surface area contributed by atoms with E-state index in [0.29, 0.717) is 11.3 Å². The molecule has 1 aliphatic heterocycles. The molecule has 9 nitrogen and oxygen atoms in total. The Morgan fingerprint density at radius 3 is 2.08 bits per heavy atom. The number of carboxylic acids is 1. The van der Waals surface area contributed by atoms with Crippen molar-refractivity contribution in [3.05, 3.63) is 63.6 Å². The molecule has 4 rings (SSSR count). The first-order valence-corrected chi connectivity index (χ1v) is 13.7. The van der Waals surface area contributed by atoms with Crippen molar-refractivity contribution < 1.29 is 29.0 Å². The van der Waals surface area contributed by atoms with Crippen LogP contribution in [0.1, 0.15) is 59.2 Å². The lowest BCUT2D eigenvalue weighted by Crippen LogP contribution is -2.57. The van der Waals surface area contributed by atoms with Gasteiger partial charge < -0.3 is 25.0 Å². The van der Waals surface area contributed by atoms with E-state index in [4.69, 9.17) is 27.9 Å². The number of amides is 3. The predicted molar refractivity (Wildman–Crippen MR) is 146 cm³/mol. The Bertz CT molecular complexity index is 1230. The van der Waals surface area contributed by atoms with Crippen LogP contribution in [0, 0.1) is 5.92 Å². The van der Waals surface area contributed by atoms with Crippen molar-refractivity contribution in [2.45, 2.75) is 50.7 Å². The summed E-state index contributed by atoms with van der Waals surface area (Å²) >= 11 is 12.2. The molecular weight excluding hydrogens is 545 g/mol. The molecule has 0 radical (unpaired) electrons. The Kier molecular flexibility index (Phi) is 9.35. The minimum Gasteiger partial charge on any atom is -0.497 e. The molecule has 2 N–H and O–H groups in total. The first kappa shape index (κ1) is 28.7. The molecule has 39 heavy (non-hydrogen) atoms. The summed E-state index contributed by atoms with van der Waals surface area (Å²) < 4.78 is 5.17. The van der Waals surface area contributed by atoms with Crippen LogP contribution in [0.5, 0.6) is 5.75 Å². The summed E-state index contributed by atoms with van der Waals surface area (Å²) in [6.07, 6.45) is 3.10. The molecule has 2 aromatic rings. The highest BCUT2D eigenvalue weighted by molar-refractivity contribution is 6.42. The summed E-state index contributed by atoms with van der Waals surface area (Å²) in [6.45, 7) is 0.217. The van der Waals surface area contributed by atoms with Gasteiger partial charge in [0.1, 0.15) is 5.75 Å². The number of hydrogen-bond donors (Lipinski definition) is 2. The summed E-state index contributed by atoms with van der Waals surface area (Å²) in [5.41, 5.74) is 0.544. The molecule has 1 heterocycles. The zero-order valence-electron chi connectivity index (χ0n) is 21.6. The topological polar surface area (TPSA) is 116 Å². The summed E-state index contributed by atoms with van der Waals surface area (Å²) in [7, 11) is 1.52. The lowest BCUT2D eigenvalue weighted by atomic mass is 9.82. The Labute approximate surface area is 237 Å². The molecular formula is C28H31Cl2N3O6. The van der Waals surface area contributed by atoms with E-state index >= 15 is 0 Å². The third kappa shape index (κ3) is 6.65. The van der Waals surface area contributed by atoms with E-state index in [1.165, 1.54) is 35.1 Å². The molecule has 1 aliphatic carbocycles. The summed E-state index contributed by atoms with van der Waals surface area (Å²) in [5, 5.41) is 12.9. The van der Waals surface area contributed by atoms with Crippen LogP contribution >= 0.6 is 23.2 Å². The van der Waals surface area contributed by atoms with E-state index in [0.717, 1.165) is 32.1 Å². The molecule has 0 bridgehead atoms. The van der Waals surface area contributed by atoms with Crippen molar-refractivity contribution in [2.24, 2.45) is 5.92 Å². The fourth-order valence-corrected chi connectivity index (χ4v) is 5.65. The number of benzene rings is 2. The van der Waals surface area contributed by atoms with E-state index in [1.54, 1.807) is 24.3 Å². The van der Waals surface area contributed by atoms with Crippen molar-refractivity contribution >= 4 is 46.9 Å². The molecule has 2 aliphatic rings.